The van der Waals surface area contributed by atoms with Crippen molar-refractivity contribution in [1.29, 1.82) is 0 Å². The summed E-state index contributed by atoms with van der Waals surface area (Å²) in [6.45, 7) is 13.1. The van der Waals surface area contributed by atoms with Crippen LogP contribution in [0, 0.1) is 0 Å². The smallest absolute Gasteiger partial charge is 0.160 e. The third-order valence-corrected chi connectivity index (χ3v) is 3.96. The molecule has 0 fully saturated rings. The van der Waals surface area contributed by atoms with Gasteiger partial charge in [-0.15, -0.1) is 0 Å². The topological polar surface area (TPSA) is 12.5 Å². The molecule has 0 amide bonds. The number of nitrogens with zero attached hydrogens (tertiary/aromatic N) is 1. The minimum Gasteiger partial charge on any atom is -0.382 e. The van der Waals surface area contributed by atoms with Crippen LogP contribution in [0.2, 0.25) is 0 Å². The van der Waals surface area contributed by atoms with Crippen molar-refractivity contribution in [1.82, 2.24) is 4.67 Å². The van der Waals surface area contributed by atoms with E-state index in [0.29, 0.717) is 12.1 Å². The largest absolute Gasteiger partial charge is 0.382 e. The number of hydrogen-bond acceptors (Lipinski definition) is 2. The number of ether oxygens (including phenoxy) is 1. The van der Waals surface area contributed by atoms with Crippen molar-refractivity contribution in [2.75, 3.05) is 13.2 Å². The fraction of sp³-hybridized carbons (Fsp3) is 1.00. The van der Waals surface area contributed by atoms with Gasteiger partial charge in [0.25, 0.3) is 0 Å². The Bertz CT molecular complexity index is 114. The summed E-state index contributed by atoms with van der Waals surface area (Å²) in [6, 6.07) is 0.863. The lowest BCUT2D eigenvalue weighted by atomic mass is 10.3. The van der Waals surface area contributed by atoms with E-state index in [1.165, 1.54) is 0 Å². The van der Waals surface area contributed by atoms with E-state index in [1.54, 1.807) is 0 Å². The molecule has 0 rings (SSSR count). The standard InChI is InChI=1S/C6H14Cl2NP.C4H10O/c1-5(2)9(6(3)4)10(7)8;1-3-5-4-2/h5-6H,1-4H3;3-4H2,1-2H3. The van der Waals surface area contributed by atoms with Crippen LogP contribution in [-0.2, 0) is 4.74 Å². The predicted molar refractivity (Wildman–Crippen MR) is 72.9 cm³/mol. The minimum absolute atomic E-state index is 0.432. The van der Waals surface area contributed by atoms with Crippen LogP contribution in [0.5, 0.6) is 0 Å². The molecule has 0 saturated carbocycles. The zero-order chi connectivity index (χ0) is 12.4. The van der Waals surface area contributed by atoms with Crippen molar-refractivity contribution in [3.8, 4) is 0 Å². The Balaban J connectivity index is 0. The van der Waals surface area contributed by atoms with Crippen molar-refractivity contribution in [3.63, 3.8) is 0 Å². The molecule has 0 radical (unpaired) electrons. The van der Waals surface area contributed by atoms with Gasteiger partial charge >= 0.3 is 0 Å². The summed E-state index contributed by atoms with van der Waals surface area (Å²) in [4.78, 5) is 0. The van der Waals surface area contributed by atoms with Crippen molar-refractivity contribution < 1.29 is 4.74 Å². The first kappa shape index (κ1) is 18.3. The van der Waals surface area contributed by atoms with Gasteiger partial charge in [-0.05, 0) is 41.5 Å². The molecular weight excluding hydrogens is 252 g/mol. The lowest BCUT2D eigenvalue weighted by Crippen LogP contribution is -2.29. The predicted octanol–water partition coefficient (Wildman–Crippen LogP) is 4.85. The van der Waals surface area contributed by atoms with Gasteiger partial charge in [-0.2, -0.15) is 0 Å². The van der Waals surface area contributed by atoms with Crippen molar-refractivity contribution >= 4 is 29.3 Å². The fourth-order valence-corrected chi connectivity index (χ4v) is 3.94. The highest BCUT2D eigenvalue weighted by Crippen LogP contribution is 2.52. The van der Waals surface area contributed by atoms with Crippen LogP contribution in [0.4, 0.5) is 0 Å². The Labute approximate surface area is 106 Å². The summed E-state index contributed by atoms with van der Waals surface area (Å²) < 4.78 is 6.93. The second kappa shape index (κ2) is 11.4. The first-order valence-corrected chi connectivity index (χ1v) is 8.46. The normalized spacial score (nSPS) is 11.2. The molecule has 94 valence electrons. The summed E-state index contributed by atoms with van der Waals surface area (Å²) in [7, 11) is 0. The van der Waals surface area contributed by atoms with E-state index in [9.17, 15) is 0 Å². The lowest BCUT2D eigenvalue weighted by Gasteiger charge is -2.30. The monoisotopic (exact) mass is 275 g/mol. The van der Waals surface area contributed by atoms with Gasteiger partial charge in [0, 0.05) is 25.3 Å². The van der Waals surface area contributed by atoms with Crippen LogP contribution in [0.25, 0.3) is 0 Å². The molecule has 0 aliphatic heterocycles. The summed E-state index contributed by atoms with van der Waals surface area (Å²) in [5.41, 5.74) is 0. The highest BCUT2D eigenvalue weighted by atomic mass is 35.9. The van der Waals surface area contributed by atoms with E-state index in [2.05, 4.69) is 32.4 Å². The molecule has 0 aromatic carbocycles. The molecule has 2 nitrogen and oxygen atoms in total. The Kier molecular flexibility index (Phi) is 13.9. The zero-order valence-corrected chi connectivity index (χ0v) is 13.0. The molecule has 0 aromatic heterocycles. The zero-order valence-electron chi connectivity index (χ0n) is 10.6. The average molecular weight is 276 g/mol. The van der Waals surface area contributed by atoms with Crippen molar-refractivity contribution in [2.45, 2.75) is 53.6 Å². The molecular formula is C10H24Cl2NOP. The summed E-state index contributed by atoms with van der Waals surface area (Å²) in [5, 5.41) is 0. The maximum absolute atomic E-state index is 5.79. The summed E-state index contributed by atoms with van der Waals surface area (Å²) >= 11 is 11.6. The SMILES string of the molecule is CC(C)N(C(C)C)P(Cl)Cl.CCOCC. The molecule has 0 heterocycles. The number of rotatable bonds is 5. The number of hydrogen-bond donors (Lipinski definition) is 0. The highest BCUT2D eigenvalue weighted by molar-refractivity contribution is 8.02. The summed E-state index contributed by atoms with van der Waals surface area (Å²) in [6.07, 6.45) is 0. The molecule has 0 atom stereocenters. The Morgan fingerprint density at radius 1 is 1.00 bits per heavy atom. The second-order valence-corrected chi connectivity index (χ2v) is 6.90. The quantitative estimate of drug-likeness (QED) is 0.665. The van der Waals surface area contributed by atoms with Crippen molar-refractivity contribution in [2.24, 2.45) is 0 Å². The highest BCUT2D eigenvalue weighted by Gasteiger charge is 2.19. The lowest BCUT2D eigenvalue weighted by molar-refractivity contribution is 0.162. The molecule has 0 N–H and O–H groups in total. The minimum atomic E-state index is -0.965. The van der Waals surface area contributed by atoms with Gasteiger partial charge in [0.2, 0.25) is 0 Å². The van der Waals surface area contributed by atoms with E-state index in [-0.39, 0.29) is 0 Å². The molecule has 0 aliphatic rings. The van der Waals surface area contributed by atoms with Gasteiger partial charge in [-0.3, -0.25) is 4.67 Å². The first-order chi connectivity index (χ1) is 6.88. The van der Waals surface area contributed by atoms with Crippen LogP contribution in [0.3, 0.4) is 0 Å². The van der Waals surface area contributed by atoms with Crippen LogP contribution < -0.4 is 0 Å². The van der Waals surface area contributed by atoms with E-state index >= 15 is 0 Å². The molecule has 0 aromatic rings. The van der Waals surface area contributed by atoms with Crippen LogP contribution >= 0.6 is 29.3 Å². The maximum atomic E-state index is 5.79. The molecule has 0 aliphatic carbocycles. The molecule has 0 bridgehead atoms. The molecule has 15 heavy (non-hydrogen) atoms. The van der Waals surface area contributed by atoms with E-state index in [1.807, 2.05) is 13.8 Å². The van der Waals surface area contributed by atoms with Gasteiger partial charge in [0.1, 0.15) is 0 Å². The van der Waals surface area contributed by atoms with Gasteiger partial charge in [0.05, 0.1) is 0 Å². The first-order valence-electron chi connectivity index (χ1n) is 5.36. The third kappa shape index (κ3) is 11.2. The van der Waals surface area contributed by atoms with Gasteiger partial charge in [-0.25, -0.2) is 0 Å². The average Bonchev–Trinajstić information content (AvgIpc) is 2.03. The molecule has 5 heteroatoms. The second-order valence-electron chi connectivity index (χ2n) is 3.56. The van der Waals surface area contributed by atoms with Gasteiger partial charge in [-0.1, -0.05) is 22.5 Å². The Hall–Kier alpha value is 0.930. The maximum Gasteiger partial charge on any atom is 0.160 e. The van der Waals surface area contributed by atoms with Crippen LogP contribution in [-0.4, -0.2) is 30.0 Å². The Morgan fingerprint density at radius 3 is 1.33 bits per heavy atom. The van der Waals surface area contributed by atoms with Gasteiger partial charge < -0.3 is 4.74 Å². The van der Waals surface area contributed by atoms with Crippen LogP contribution in [0.15, 0.2) is 0 Å². The number of halogens is 2. The molecule has 0 unspecified atom stereocenters. The van der Waals surface area contributed by atoms with Crippen LogP contribution in [0.1, 0.15) is 41.5 Å². The van der Waals surface area contributed by atoms with E-state index in [0.717, 1.165) is 13.2 Å². The molecule has 0 spiro atoms. The Morgan fingerprint density at radius 2 is 1.33 bits per heavy atom. The van der Waals surface area contributed by atoms with Crippen molar-refractivity contribution in [3.05, 3.63) is 0 Å². The fourth-order valence-electron chi connectivity index (χ4n) is 1.15. The summed E-state index contributed by atoms with van der Waals surface area (Å²) in [5.74, 6) is 0. The third-order valence-electron chi connectivity index (χ3n) is 1.64. The van der Waals surface area contributed by atoms with E-state index < -0.39 is 6.78 Å². The molecule has 0 saturated heterocycles. The van der Waals surface area contributed by atoms with Gasteiger partial charge in [0.15, 0.2) is 6.78 Å². The van der Waals surface area contributed by atoms with E-state index in [4.69, 9.17) is 27.2 Å².